The zero-order valence-electron chi connectivity index (χ0n) is 11.1. The topological polar surface area (TPSA) is 90.4 Å². The zero-order chi connectivity index (χ0) is 15.0. The quantitative estimate of drug-likeness (QED) is 0.454. The Labute approximate surface area is 119 Å². The standard InChI is InChI=1S/C14H11N3O4/c1-21-11-4-2-3-9(7-11)14-15-12-6-5-10(17(19)20)8-13(12)16(14)18/h2-8,18H,1H3. The summed E-state index contributed by atoms with van der Waals surface area (Å²) >= 11 is 0. The summed E-state index contributed by atoms with van der Waals surface area (Å²) in [7, 11) is 1.55. The van der Waals surface area contributed by atoms with Crippen molar-refractivity contribution in [1.29, 1.82) is 0 Å². The number of nitrogens with zero attached hydrogens (tertiary/aromatic N) is 3. The van der Waals surface area contributed by atoms with Crippen molar-refractivity contribution in [2.45, 2.75) is 0 Å². The van der Waals surface area contributed by atoms with Crippen LogP contribution in [0.2, 0.25) is 0 Å². The third-order valence-corrected chi connectivity index (χ3v) is 3.15. The van der Waals surface area contributed by atoms with Crippen molar-refractivity contribution in [2.75, 3.05) is 7.11 Å². The third-order valence-electron chi connectivity index (χ3n) is 3.15. The van der Waals surface area contributed by atoms with E-state index in [9.17, 15) is 15.3 Å². The monoisotopic (exact) mass is 285 g/mol. The maximum Gasteiger partial charge on any atom is 0.271 e. The SMILES string of the molecule is COc1cccc(-c2nc3ccc([N+](=O)[O-])cc3n2O)c1. The first kappa shape index (κ1) is 12.9. The highest BCUT2D eigenvalue weighted by Gasteiger charge is 2.16. The van der Waals surface area contributed by atoms with Crippen LogP contribution in [0.4, 0.5) is 5.69 Å². The largest absolute Gasteiger partial charge is 0.497 e. The van der Waals surface area contributed by atoms with Gasteiger partial charge in [-0.25, -0.2) is 4.98 Å². The second-order valence-electron chi connectivity index (χ2n) is 4.41. The summed E-state index contributed by atoms with van der Waals surface area (Å²) < 4.78 is 5.98. The normalized spacial score (nSPS) is 10.7. The minimum Gasteiger partial charge on any atom is -0.497 e. The minimum absolute atomic E-state index is 0.102. The number of non-ortho nitro benzene ring substituents is 1. The van der Waals surface area contributed by atoms with E-state index in [0.717, 1.165) is 4.73 Å². The Morgan fingerprint density at radius 1 is 1.29 bits per heavy atom. The molecular weight excluding hydrogens is 274 g/mol. The second-order valence-corrected chi connectivity index (χ2v) is 4.41. The van der Waals surface area contributed by atoms with E-state index in [1.807, 2.05) is 0 Å². The van der Waals surface area contributed by atoms with Crippen LogP contribution >= 0.6 is 0 Å². The molecule has 21 heavy (non-hydrogen) atoms. The summed E-state index contributed by atoms with van der Waals surface area (Å²) in [5.41, 5.74) is 1.30. The van der Waals surface area contributed by atoms with Gasteiger partial charge in [0.15, 0.2) is 5.82 Å². The number of rotatable bonds is 3. The molecular formula is C14H11N3O4. The van der Waals surface area contributed by atoms with E-state index in [1.165, 1.54) is 18.2 Å². The lowest BCUT2D eigenvalue weighted by Gasteiger charge is -2.03. The van der Waals surface area contributed by atoms with E-state index < -0.39 is 4.92 Å². The smallest absolute Gasteiger partial charge is 0.271 e. The fourth-order valence-electron chi connectivity index (χ4n) is 2.11. The lowest BCUT2D eigenvalue weighted by molar-refractivity contribution is -0.384. The number of ether oxygens (including phenoxy) is 1. The average Bonchev–Trinajstić information content (AvgIpc) is 2.84. The van der Waals surface area contributed by atoms with Crippen molar-refractivity contribution in [3.05, 3.63) is 52.6 Å². The van der Waals surface area contributed by atoms with E-state index in [-0.39, 0.29) is 11.2 Å². The van der Waals surface area contributed by atoms with E-state index in [0.29, 0.717) is 22.7 Å². The summed E-state index contributed by atoms with van der Waals surface area (Å²) in [5, 5.41) is 21.0. The molecule has 0 saturated heterocycles. The Hall–Kier alpha value is -3.09. The lowest BCUT2D eigenvalue weighted by Crippen LogP contribution is -1.95. The van der Waals surface area contributed by atoms with Gasteiger partial charge in [0.2, 0.25) is 0 Å². The number of benzene rings is 2. The van der Waals surface area contributed by atoms with Gasteiger partial charge in [0, 0.05) is 17.7 Å². The predicted molar refractivity (Wildman–Crippen MR) is 75.6 cm³/mol. The molecule has 3 rings (SSSR count). The third kappa shape index (κ3) is 2.14. The van der Waals surface area contributed by atoms with Crippen molar-refractivity contribution >= 4 is 16.7 Å². The minimum atomic E-state index is -0.516. The average molecular weight is 285 g/mol. The van der Waals surface area contributed by atoms with Crippen molar-refractivity contribution in [1.82, 2.24) is 9.71 Å². The number of aromatic nitrogens is 2. The van der Waals surface area contributed by atoms with Crippen LogP contribution in [-0.4, -0.2) is 27.0 Å². The molecule has 1 aromatic heterocycles. The van der Waals surface area contributed by atoms with Crippen molar-refractivity contribution in [3.63, 3.8) is 0 Å². The molecule has 3 aromatic rings. The van der Waals surface area contributed by atoms with Gasteiger partial charge in [-0.15, -0.1) is 0 Å². The van der Waals surface area contributed by atoms with Gasteiger partial charge in [0.05, 0.1) is 17.5 Å². The van der Waals surface area contributed by atoms with Gasteiger partial charge in [0.1, 0.15) is 11.3 Å². The number of hydrogen-bond acceptors (Lipinski definition) is 5. The molecule has 0 aliphatic carbocycles. The molecule has 7 nitrogen and oxygen atoms in total. The molecule has 1 N–H and O–H groups in total. The molecule has 0 spiro atoms. The van der Waals surface area contributed by atoms with E-state index in [1.54, 1.807) is 31.4 Å². The first-order valence-corrected chi connectivity index (χ1v) is 6.10. The van der Waals surface area contributed by atoms with Crippen LogP contribution in [0.1, 0.15) is 0 Å². The highest BCUT2D eigenvalue weighted by molar-refractivity contribution is 5.82. The van der Waals surface area contributed by atoms with Crippen LogP contribution < -0.4 is 4.74 Å². The van der Waals surface area contributed by atoms with E-state index >= 15 is 0 Å². The van der Waals surface area contributed by atoms with Gasteiger partial charge >= 0.3 is 0 Å². The summed E-state index contributed by atoms with van der Waals surface area (Å²) in [6, 6.07) is 11.2. The molecule has 0 fully saturated rings. The molecule has 1 heterocycles. The Morgan fingerprint density at radius 2 is 2.10 bits per heavy atom. The van der Waals surface area contributed by atoms with Gasteiger partial charge < -0.3 is 9.94 Å². The molecule has 0 bridgehead atoms. The van der Waals surface area contributed by atoms with E-state index in [4.69, 9.17) is 4.74 Å². The number of methoxy groups -OCH3 is 1. The summed E-state index contributed by atoms with van der Waals surface area (Å²) in [5.74, 6) is 0.926. The van der Waals surface area contributed by atoms with Crippen LogP contribution in [0.25, 0.3) is 22.4 Å². The second kappa shape index (κ2) is 4.78. The van der Waals surface area contributed by atoms with Gasteiger partial charge in [-0.05, 0) is 18.2 Å². The first-order chi connectivity index (χ1) is 10.1. The van der Waals surface area contributed by atoms with Gasteiger partial charge in [-0.1, -0.05) is 12.1 Å². The number of imidazole rings is 1. The zero-order valence-corrected chi connectivity index (χ0v) is 11.1. The molecule has 0 saturated carbocycles. The first-order valence-electron chi connectivity index (χ1n) is 6.10. The fraction of sp³-hybridized carbons (Fsp3) is 0.0714. The van der Waals surface area contributed by atoms with Crippen molar-refractivity contribution < 1.29 is 14.9 Å². The molecule has 0 atom stereocenters. The maximum atomic E-state index is 10.8. The fourth-order valence-corrected chi connectivity index (χ4v) is 2.11. The molecule has 106 valence electrons. The Kier molecular flexibility index (Phi) is 2.94. The number of nitro groups is 1. The van der Waals surface area contributed by atoms with Crippen LogP contribution in [0.3, 0.4) is 0 Å². The molecule has 0 aliphatic rings. The number of fused-ring (bicyclic) bond motifs is 1. The van der Waals surface area contributed by atoms with Crippen LogP contribution in [0.5, 0.6) is 5.75 Å². The highest BCUT2D eigenvalue weighted by atomic mass is 16.6. The molecule has 2 aromatic carbocycles. The van der Waals surface area contributed by atoms with Crippen molar-refractivity contribution in [2.24, 2.45) is 0 Å². The van der Waals surface area contributed by atoms with Crippen molar-refractivity contribution in [3.8, 4) is 17.1 Å². The lowest BCUT2D eigenvalue weighted by atomic mass is 10.2. The molecule has 7 heteroatoms. The molecule has 0 unspecified atom stereocenters. The van der Waals surface area contributed by atoms with Gasteiger partial charge in [0.25, 0.3) is 5.69 Å². The Morgan fingerprint density at radius 3 is 2.81 bits per heavy atom. The number of nitro benzene ring substituents is 1. The summed E-state index contributed by atoms with van der Waals surface area (Å²) in [4.78, 5) is 14.6. The van der Waals surface area contributed by atoms with Gasteiger partial charge in [-0.3, -0.25) is 10.1 Å². The molecule has 0 amide bonds. The Bertz CT molecular complexity index is 841. The highest BCUT2D eigenvalue weighted by Crippen LogP contribution is 2.28. The van der Waals surface area contributed by atoms with Gasteiger partial charge in [-0.2, -0.15) is 4.73 Å². The summed E-state index contributed by atoms with van der Waals surface area (Å²) in [6.07, 6.45) is 0. The maximum absolute atomic E-state index is 10.8. The summed E-state index contributed by atoms with van der Waals surface area (Å²) in [6.45, 7) is 0. The van der Waals surface area contributed by atoms with Crippen LogP contribution in [-0.2, 0) is 0 Å². The Balaban J connectivity index is 2.19. The molecule has 0 aliphatic heterocycles. The molecule has 0 radical (unpaired) electrons. The number of hydrogen-bond donors (Lipinski definition) is 1. The van der Waals surface area contributed by atoms with Crippen LogP contribution in [0, 0.1) is 10.1 Å². The predicted octanol–water partition coefficient (Wildman–Crippen LogP) is 2.86. The van der Waals surface area contributed by atoms with E-state index in [2.05, 4.69) is 4.98 Å². The van der Waals surface area contributed by atoms with Crippen LogP contribution in [0.15, 0.2) is 42.5 Å².